The summed E-state index contributed by atoms with van der Waals surface area (Å²) < 4.78 is 33.9. The van der Waals surface area contributed by atoms with E-state index in [1.165, 1.54) is 12.1 Å². The first-order chi connectivity index (χ1) is 13.3. The zero-order valence-corrected chi connectivity index (χ0v) is 15.5. The van der Waals surface area contributed by atoms with Crippen LogP contribution in [-0.2, 0) is 14.6 Å². The van der Waals surface area contributed by atoms with E-state index in [4.69, 9.17) is 9.15 Å². The number of ether oxygens (including phenoxy) is 1. The molecule has 0 saturated carbocycles. The predicted octanol–water partition coefficient (Wildman–Crippen LogP) is 1.33. The fourth-order valence-corrected chi connectivity index (χ4v) is 4.97. The second-order valence-electron chi connectivity index (χ2n) is 6.70. The maximum absolute atomic E-state index is 12.6. The number of nitrogens with one attached hydrogen (secondary N) is 1. The Hall–Kier alpha value is -3.07. The Balaban J connectivity index is 1.54. The lowest BCUT2D eigenvalue weighted by Gasteiger charge is -2.12. The number of hydrogen-bond donors (Lipinski definition) is 2. The number of aromatic hydroxyl groups is 1. The minimum Gasteiger partial charge on any atom is -0.507 e. The van der Waals surface area contributed by atoms with E-state index in [2.05, 4.69) is 5.32 Å². The van der Waals surface area contributed by atoms with Gasteiger partial charge in [0.15, 0.2) is 16.4 Å². The van der Waals surface area contributed by atoms with Crippen molar-refractivity contribution in [3.8, 4) is 11.5 Å². The van der Waals surface area contributed by atoms with Gasteiger partial charge in [0.1, 0.15) is 28.1 Å². The minimum absolute atomic E-state index is 0.0339. The molecular formula is C19H17NO7S. The lowest BCUT2D eigenvalue weighted by molar-refractivity contribution is -0.123. The molecule has 1 amide bonds. The van der Waals surface area contributed by atoms with Crippen LogP contribution in [-0.4, -0.2) is 43.6 Å². The van der Waals surface area contributed by atoms with Crippen molar-refractivity contribution in [3.05, 3.63) is 46.6 Å². The summed E-state index contributed by atoms with van der Waals surface area (Å²) in [5, 5.41) is 13.2. The van der Waals surface area contributed by atoms with Crippen LogP contribution in [0.5, 0.6) is 11.5 Å². The molecule has 0 bridgehead atoms. The Kier molecular flexibility index (Phi) is 4.46. The third kappa shape index (κ3) is 3.53. The van der Waals surface area contributed by atoms with Gasteiger partial charge in [-0.15, -0.1) is 0 Å². The molecule has 1 aliphatic rings. The highest BCUT2D eigenvalue weighted by atomic mass is 32.2. The predicted molar refractivity (Wildman–Crippen MR) is 102 cm³/mol. The van der Waals surface area contributed by atoms with E-state index in [-0.39, 0.29) is 46.0 Å². The topological polar surface area (TPSA) is 123 Å². The second kappa shape index (κ2) is 6.83. The molecule has 0 spiro atoms. The maximum Gasteiger partial charge on any atom is 0.258 e. The number of phenolic OH excluding ortho intramolecular Hbond substituents is 1. The largest absolute Gasteiger partial charge is 0.507 e. The average Bonchev–Trinajstić information content (AvgIpc) is 2.98. The molecule has 2 aromatic carbocycles. The van der Waals surface area contributed by atoms with E-state index in [1.807, 2.05) is 0 Å². The molecule has 2 N–H and O–H groups in total. The normalized spacial score (nSPS) is 18.4. The van der Waals surface area contributed by atoms with Gasteiger partial charge in [-0.25, -0.2) is 8.42 Å². The number of rotatable bonds is 4. The average molecular weight is 403 g/mol. The summed E-state index contributed by atoms with van der Waals surface area (Å²) >= 11 is 0. The van der Waals surface area contributed by atoms with Crippen LogP contribution in [0.25, 0.3) is 21.9 Å². The Morgan fingerprint density at radius 2 is 2.04 bits per heavy atom. The van der Waals surface area contributed by atoms with Crippen molar-refractivity contribution < 1.29 is 27.5 Å². The number of para-hydroxylation sites is 1. The summed E-state index contributed by atoms with van der Waals surface area (Å²) in [5.74, 6) is -0.647. The first kappa shape index (κ1) is 18.3. The summed E-state index contributed by atoms with van der Waals surface area (Å²) in [7, 11) is -3.09. The summed E-state index contributed by atoms with van der Waals surface area (Å²) in [6.07, 6.45) is 0.378. The fraction of sp³-hybridized carbons (Fsp3) is 0.263. The molecule has 9 heteroatoms. The van der Waals surface area contributed by atoms with E-state index in [1.54, 1.807) is 24.3 Å². The fourth-order valence-electron chi connectivity index (χ4n) is 3.29. The smallest absolute Gasteiger partial charge is 0.258 e. The van der Waals surface area contributed by atoms with Crippen molar-refractivity contribution in [2.45, 2.75) is 12.5 Å². The quantitative estimate of drug-likeness (QED) is 0.630. The summed E-state index contributed by atoms with van der Waals surface area (Å²) in [5.41, 5.74) is 0.152. The molecule has 0 aliphatic carbocycles. The first-order valence-electron chi connectivity index (χ1n) is 8.63. The molecule has 0 unspecified atom stereocenters. The van der Waals surface area contributed by atoms with Crippen LogP contribution in [0.1, 0.15) is 6.42 Å². The highest BCUT2D eigenvalue weighted by Gasteiger charge is 2.28. The molecule has 1 aromatic heterocycles. The van der Waals surface area contributed by atoms with Crippen LogP contribution in [0, 0.1) is 0 Å². The highest BCUT2D eigenvalue weighted by Crippen LogP contribution is 2.30. The zero-order valence-electron chi connectivity index (χ0n) is 14.7. The Morgan fingerprint density at radius 3 is 2.79 bits per heavy atom. The van der Waals surface area contributed by atoms with Gasteiger partial charge in [0.25, 0.3) is 5.91 Å². The van der Waals surface area contributed by atoms with Crippen LogP contribution >= 0.6 is 0 Å². The Morgan fingerprint density at radius 1 is 1.25 bits per heavy atom. The number of fused-ring (bicyclic) bond motifs is 2. The molecule has 8 nitrogen and oxygen atoms in total. The van der Waals surface area contributed by atoms with Crippen molar-refractivity contribution in [2.75, 3.05) is 18.1 Å². The van der Waals surface area contributed by atoms with Crippen LogP contribution in [0.4, 0.5) is 0 Å². The summed E-state index contributed by atoms with van der Waals surface area (Å²) in [6.45, 7) is -0.362. The molecule has 1 aliphatic heterocycles. The van der Waals surface area contributed by atoms with Gasteiger partial charge in [0.2, 0.25) is 5.43 Å². The Bertz CT molecular complexity index is 1250. The van der Waals surface area contributed by atoms with Crippen LogP contribution in [0.15, 0.2) is 45.6 Å². The number of benzene rings is 2. The van der Waals surface area contributed by atoms with Gasteiger partial charge >= 0.3 is 0 Å². The minimum atomic E-state index is -3.09. The van der Waals surface area contributed by atoms with Gasteiger partial charge in [0, 0.05) is 18.2 Å². The standard InChI is InChI=1S/C19H17NO7S/c21-14-7-12(26-9-17(22)20-11-5-6-28(24,25)10-11)8-16-18(14)19(23)13-3-1-2-4-15(13)27-16/h1-4,7-8,11,21H,5-6,9-10H2,(H,20,22)/t11-/m1/s1. The molecular weight excluding hydrogens is 386 g/mol. The zero-order chi connectivity index (χ0) is 19.9. The molecule has 146 valence electrons. The monoisotopic (exact) mass is 403 g/mol. The summed E-state index contributed by atoms with van der Waals surface area (Å²) in [4.78, 5) is 24.6. The van der Waals surface area contributed by atoms with Crippen molar-refractivity contribution in [1.82, 2.24) is 5.32 Å². The van der Waals surface area contributed by atoms with Crippen molar-refractivity contribution in [2.24, 2.45) is 0 Å². The van der Waals surface area contributed by atoms with Gasteiger partial charge in [0.05, 0.1) is 16.9 Å². The molecule has 1 fully saturated rings. The lowest BCUT2D eigenvalue weighted by Crippen LogP contribution is -2.38. The molecule has 3 aromatic rings. The highest BCUT2D eigenvalue weighted by molar-refractivity contribution is 7.91. The SMILES string of the molecule is O=C(COc1cc(O)c2c(=O)c3ccccc3oc2c1)N[C@@H]1CCS(=O)(=O)C1. The number of carbonyl (C=O) groups is 1. The van der Waals surface area contributed by atoms with E-state index in [0.29, 0.717) is 17.4 Å². The van der Waals surface area contributed by atoms with Gasteiger partial charge in [-0.2, -0.15) is 0 Å². The van der Waals surface area contributed by atoms with Gasteiger partial charge in [-0.05, 0) is 18.6 Å². The van der Waals surface area contributed by atoms with E-state index in [0.717, 1.165) is 0 Å². The van der Waals surface area contributed by atoms with Crippen molar-refractivity contribution in [1.29, 1.82) is 0 Å². The van der Waals surface area contributed by atoms with Gasteiger partial charge in [-0.1, -0.05) is 12.1 Å². The van der Waals surface area contributed by atoms with Crippen LogP contribution < -0.4 is 15.5 Å². The van der Waals surface area contributed by atoms with E-state index in [9.17, 15) is 23.1 Å². The number of amides is 1. The molecule has 1 saturated heterocycles. The number of carbonyl (C=O) groups excluding carboxylic acids is 1. The van der Waals surface area contributed by atoms with Crippen molar-refractivity contribution in [3.63, 3.8) is 0 Å². The van der Waals surface area contributed by atoms with Crippen LogP contribution in [0.2, 0.25) is 0 Å². The van der Waals surface area contributed by atoms with Gasteiger partial charge < -0.3 is 19.6 Å². The molecule has 0 radical (unpaired) electrons. The van der Waals surface area contributed by atoms with Crippen molar-refractivity contribution >= 4 is 37.7 Å². The molecule has 1 atom stereocenters. The van der Waals surface area contributed by atoms with Gasteiger partial charge in [-0.3, -0.25) is 9.59 Å². The van der Waals surface area contributed by atoms with Crippen LogP contribution in [0.3, 0.4) is 0 Å². The number of phenols is 1. The Labute approximate surface area is 159 Å². The number of hydrogen-bond acceptors (Lipinski definition) is 7. The maximum atomic E-state index is 12.6. The second-order valence-corrected chi connectivity index (χ2v) is 8.93. The first-order valence-corrected chi connectivity index (χ1v) is 10.5. The summed E-state index contributed by atoms with van der Waals surface area (Å²) in [6, 6.07) is 8.92. The molecule has 28 heavy (non-hydrogen) atoms. The third-order valence-electron chi connectivity index (χ3n) is 4.60. The number of sulfone groups is 1. The lowest BCUT2D eigenvalue weighted by atomic mass is 10.1. The molecule has 2 heterocycles. The molecule has 4 rings (SSSR count). The van der Waals surface area contributed by atoms with E-state index < -0.39 is 21.8 Å². The van der Waals surface area contributed by atoms with E-state index >= 15 is 0 Å². The third-order valence-corrected chi connectivity index (χ3v) is 6.37.